The highest BCUT2D eigenvalue weighted by Gasteiger charge is 2.53. The average Bonchev–Trinajstić information content (AvgIpc) is 2.42. The summed E-state index contributed by atoms with van der Waals surface area (Å²) in [6, 6.07) is 0. The number of carbonyl (C=O) groups is 1. The van der Waals surface area contributed by atoms with Crippen LogP contribution in [0.25, 0.3) is 0 Å². The number of hydrogen-bond donors (Lipinski definition) is 1. The third kappa shape index (κ3) is 1.50. The van der Waals surface area contributed by atoms with Crippen LogP contribution in [-0.4, -0.2) is 11.5 Å². The molecule has 0 heterocycles. The zero-order chi connectivity index (χ0) is 8.65. The van der Waals surface area contributed by atoms with E-state index in [0.717, 1.165) is 12.8 Å². The molecule has 0 amide bonds. The molecule has 0 spiro atoms. The average molecular weight is 153 g/mol. The third-order valence-electron chi connectivity index (χ3n) is 2.77. The minimum atomic E-state index is -0.0810. The molecular formula is C9H15NO. The van der Waals surface area contributed by atoms with Gasteiger partial charge in [0.1, 0.15) is 5.78 Å². The molecule has 0 aromatic rings. The van der Waals surface area contributed by atoms with Crippen molar-refractivity contribution < 1.29 is 4.79 Å². The van der Waals surface area contributed by atoms with Crippen LogP contribution in [0.3, 0.4) is 0 Å². The monoisotopic (exact) mass is 153 g/mol. The lowest BCUT2D eigenvalue weighted by molar-refractivity contribution is -0.121. The van der Waals surface area contributed by atoms with Crippen LogP contribution in [0.5, 0.6) is 0 Å². The molecule has 0 saturated heterocycles. The van der Waals surface area contributed by atoms with E-state index < -0.39 is 0 Å². The molecule has 0 aromatic heterocycles. The van der Waals surface area contributed by atoms with Gasteiger partial charge in [0.05, 0.1) is 0 Å². The summed E-state index contributed by atoms with van der Waals surface area (Å²) in [6.07, 6.45) is 1.79. The van der Waals surface area contributed by atoms with Crippen LogP contribution >= 0.6 is 0 Å². The molecule has 1 fully saturated rings. The number of Topliss-reactive ketones (excluding diaryl/α,β-unsaturated/α-hetero) is 1. The Hall–Kier alpha value is -0.660. The maximum atomic E-state index is 11.0. The number of rotatable bonds is 3. The molecule has 1 aliphatic carbocycles. The molecule has 0 radical (unpaired) electrons. The first kappa shape index (κ1) is 8.44. The molecule has 0 bridgehead atoms. The molecular weight excluding hydrogens is 138 g/mol. The molecule has 2 nitrogen and oxygen atoms in total. The van der Waals surface area contributed by atoms with Crippen LogP contribution < -0.4 is 0 Å². The number of ketones is 1. The van der Waals surface area contributed by atoms with Gasteiger partial charge in [0, 0.05) is 11.1 Å². The van der Waals surface area contributed by atoms with Crippen LogP contribution in [0.1, 0.15) is 33.6 Å². The zero-order valence-corrected chi connectivity index (χ0v) is 7.40. The first-order valence-electron chi connectivity index (χ1n) is 4.02. The maximum Gasteiger partial charge on any atom is 0.135 e. The molecule has 0 aromatic carbocycles. The molecule has 1 saturated carbocycles. The molecule has 1 aliphatic rings. The number of hydrogen-bond acceptors (Lipinski definition) is 2. The van der Waals surface area contributed by atoms with E-state index in [-0.39, 0.29) is 11.2 Å². The molecule has 2 atom stereocenters. The van der Waals surface area contributed by atoms with Gasteiger partial charge in [-0.25, -0.2) is 0 Å². The minimum absolute atomic E-state index is 0.0810. The summed E-state index contributed by atoms with van der Waals surface area (Å²) >= 11 is 0. The summed E-state index contributed by atoms with van der Waals surface area (Å²) in [5, 5.41) is 7.27. The van der Waals surface area contributed by atoms with Gasteiger partial charge in [-0.3, -0.25) is 4.79 Å². The molecule has 2 heteroatoms. The Morgan fingerprint density at radius 2 is 2.18 bits per heavy atom. The lowest BCUT2D eigenvalue weighted by atomic mass is 9.99. The minimum Gasteiger partial charge on any atom is -0.310 e. The number of carbonyl (C=O) groups excluding carboxylic acids is 1. The predicted molar refractivity (Wildman–Crippen MR) is 44.9 cm³/mol. The van der Waals surface area contributed by atoms with Crippen molar-refractivity contribution in [3.63, 3.8) is 0 Å². The Bertz CT molecular complexity index is 210. The van der Waals surface area contributed by atoms with Gasteiger partial charge < -0.3 is 5.41 Å². The van der Waals surface area contributed by atoms with Crippen LogP contribution in [-0.2, 0) is 4.79 Å². The Kier molecular flexibility index (Phi) is 1.87. The van der Waals surface area contributed by atoms with Crippen molar-refractivity contribution in [1.29, 1.82) is 5.41 Å². The Labute approximate surface area is 67.5 Å². The highest BCUT2D eigenvalue weighted by Crippen LogP contribution is 2.54. The normalized spacial score (nSPS) is 35.0. The zero-order valence-electron chi connectivity index (χ0n) is 7.40. The van der Waals surface area contributed by atoms with Crippen molar-refractivity contribution in [2.24, 2.45) is 11.3 Å². The predicted octanol–water partition coefficient (Wildman–Crippen LogP) is 2.03. The van der Waals surface area contributed by atoms with Gasteiger partial charge in [0.15, 0.2) is 0 Å². The highest BCUT2D eigenvalue weighted by atomic mass is 16.1. The maximum absolute atomic E-state index is 11.0. The van der Waals surface area contributed by atoms with Gasteiger partial charge >= 0.3 is 0 Å². The van der Waals surface area contributed by atoms with E-state index in [1.165, 1.54) is 0 Å². The van der Waals surface area contributed by atoms with Crippen molar-refractivity contribution in [2.75, 3.05) is 0 Å². The van der Waals surface area contributed by atoms with E-state index in [1.54, 1.807) is 13.8 Å². The third-order valence-corrected chi connectivity index (χ3v) is 2.77. The largest absolute Gasteiger partial charge is 0.310 e. The second-order valence-corrected chi connectivity index (χ2v) is 3.86. The van der Waals surface area contributed by atoms with E-state index in [9.17, 15) is 4.79 Å². The van der Waals surface area contributed by atoms with Crippen molar-refractivity contribution in [2.45, 2.75) is 33.6 Å². The van der Waals surface area contributed by atoms with Gasteiger partial charge in [-0.15, -0.1) is 0 Å². The number of nitrogens with one attached hydrogen (secondary N) is 1. The van der Waals surface area contributed by atoms with E-state index in [2.05, 4.69) is 0 Å². The standard InChI is InChI=1S/C9H15NO/c1-6(10)4-8-5-9(8,3)7(2)11/h8,10H,4-5H2,1-3H3/t8?,9-/m0/s1. The first-order chi connectivity index (χ1) is 4.97. The molecule has 1 rings (SSSR count). The van der Waals surface area contributed by atoms with E-state index in [0.29, 0.717) is 11.6 Å². The van der Waals surface area contributed by atoms with Crippen molar-refractivity contribution in [3.05, 3.63) is 0 Å². The summed E-state index contributed by atoms with van der Waals surface area (Å²) < 4.78 is 0. The van der Waals surface area contributed by atoms with E-state index >= 15 is 0 Å². The quantitative estimate of drug-likeness (QED) is 0.619. The van der Waals surface area contributed by atoms with Crippen molar-refractivity contribution >= 4 is 11.5 Å². The van der Waals surface area contributed by atoms with Gasteiger partial charge in [0.25, 0.3) is 0 Å². The van der Waals surface area contributed by atoms with Gasteiger partial charge in [-0.1, -0.05) is 6.92 Å². The van der Waals surface area contributed by atoms with E-state index in [1.807, 2.05) is 6.92 Å². The van der Waals surface area contributed by atoms with Crippen LogP contribution in [0, 0.1) is 16.7 Å². The molecule has 11 heavy (non-hydrogen) atoms. The van der Waals surface area contributed by atoms with Gasteiger partial charge in [-0.05, 0) is 32.6 Å². The molecule has 0 aliphatic heterocycles. The summed E-state index contributed by atoms with van der Waals surface area (Å²) in [5.41, 5.74) is 0.613. The van der Waals surface area contributed by atoms with Crippen LogP contribution in [0.2, 0.25) is 0 Å². The summed E-state index contributed by atoms with van der Waals surface area (Å²) in [5.74, 6) is 0.737. The summed E-state index contributed by atoms with van der Waals surface area (Å²) in [7, 11) is 0. The van der Waals surface area contributed by atoms with Crippen LogP contribution in [0.15, 0.2) is 0 Å². The topological polar surface area (TPSA) is 40.9 Å². The second kappa shape index (κ2) is 2.43. The van der Waals surface area contributed by atoms with Crippen molar-refractivity contribution in [3.8, 4) is 0 Å². The fourth-order valence-corrected chi connectivity index (χ4v) is 1.55. The molecule has 62 valence electrons. The lowest BCUT2D eigenvalue weighted by Gasteiger charge is -2.04. The Balaban J connectivity index is 2.47. The Morgan fingerprint density at radius 3 is 2.45 bits per heavy atom. The van der Waals surface area contributed by atoms with Gasteiger partial charge in [0.2, 0.25) is 0 Å². The van der Waals surface area contributed by atoms with Crippen molar-refractivity contribution in [1.82, 2.24) is 0 Å². The molecule has 1 unspecified atom stereocenters. The van der Waals surface area contributed by atoms with E-state index in [4.69, 9.17) is 5.41 Å². The van der Waals surface area contributed by atoms with Gasteiger partial charge in [-0.2, -0.15) is 0 Å². The summed E-state index contributed by atoms with van der Waals surface area (Å²) in [4.78, 5) is 11.0. The smallest absolute Gasteiger partial charge is 0.135 e. The molecule has 1 N–H and O–H groups in total. The second-order valence-electron chi connectivity index (χ2n) is 3.86. The van der Waals surface area contributed by atoms with Crippen LogP contribution in [0.4, 0.5) is 0 Å². The Morgan fingerprint density at radius 1 is 1.64 bits per heavy atom. The fourth-order valence-electron chi connectivity index (χ4n) is 1.55. The first-order valence-corrected chi connectivity index (χ1v) is 4.02. The fraction of sp³-hybridized carbons (Fsp3) is 0.778. The lowest BCUT2D eigenvalue weighted by Crippen LogP contribution is -2.10. The summed E-state index contributed by atoms with van der Waals surface area (Å²) in [6.45, 7) is 5.46. The highest BCUT2D eigenvalue weighted by molar-refractivity contribution is 5.87. The SMILES string of the molecule is CC(=N)CC1C[C@@]1(C)C(C)=O.